The molecular formula is C24H17N3O3. The van der Waals surface area contributed by atoms with Crippen LogP contribution in [0, 0.1) is 11.3 Å². The Bertz CT molecular complexity index is 1190. The van der Waals surface area contributed by atoms with Crippen LogP contribution in [0.1, 0.15) is 16.7 Å². The van der Waals surface area contributed by atoms with Crippen molar-refractivity contribution in [3.63, 3.8) is 0 Å². The normalized spacial score (nSPS) is 16.3. The molecule has 1 saturated heterocycles. The van der Waals surface area contributed by atoms with Crippen molar-refractivity contribution in [2.75, 3.05) is 4.90 Å². The highest BCUT2D eigenvalue weighted by atomic mass is 16.5. The van der Waals surface area contributed by atoms with E-state index in [1.165, 1.54) is 4.90 Å². The largest absolute Gasteiger partial charge is 0.457 e. The number of rotatable bonds is 3. The molecule has 6 nitrogen and oxygen atoms in total. The van der Waals surface area contributed by atoms with Gasteiger partial charge in [-0.2, -0.15) is 5.26 Å². The number of nitrogens with one attached hydrogen (secondary N) is 1. The molecule has 0 bridgehead atoms. The molecule has 1 aliphatic heterocycles. The van der Waals surface area contributed by atoms with Crippen molar-refractivity contribution in [3.05, 3.63) is 89.5 Å². The van der Waals surface area contributed by atoms with E-state index in [1.54, 1.807) is 48.5 Å². The zero-order valence-electron chi connectivity index (χ0n) is 16.0. The number of hydrogen-bond donors (Lipinski definition) is 1. The number of fused-ring (bicyclic) bond motifs is 1. The lowest BCUT2D eigenvalue weighted by molar-refractivity contribution is -0.121. The van der Waals surface area contributed by atoms with Crippen molar-refractivity contribution >= 4 is 17.6 Å². The van der Waals surface area contributed by atoms with Gasteiger partial charge in [0.1, 0.15) is 17.0 Å². The molecule has 146 valence electrons. The molecule has 5 rings (SSSR count). The topological polar surface area (TPSA) is 82.4 Å². The van der Waals surface area contributed by atoms with Gasteiger partial charge in [-0.15, -0.1) is 0 Å². The predicted octanol–water partition coefficient (Wildman–Crippen LogP) is 3.94. The van der Waals surface area contributed by atoms with Crippen LogP contribution in [0.2, 0.25) is 0 Å². The number of benzene rings is 3. The fraction of sp³-hybridized carbons (Fsp3) is 0.125. The van der Waals surface area contributed by atoms with E-state index in [4.69, 9.17) is 10.00 Å². The van der Waals surface area contributed by atoms with E-state index in [0.29, 0.717) is 35.6 Å². The Kier molecular flexibility index (Phi) is 4.04. The molecule has 0 unspecified atom stereocenters. The molecule has 2 aliphatic rings. The average molecular weight is 395 g/mol. The fourth-order valence-corrected chi connectivity index (χ4v) is 4.14. The van der Waals surface area contributed by atoms with Crippen LogP contribution in [0.3, 0.4) is 0 Å². The van der Waals surface area contributed by atoms with Gasteiger partial charge >= 0.3 is 6.03 Å². The summed E-state index contributed by atoms with van der Waals surface area (Å²) in [5, 5.41) is 11.9. The maximum atomic E-state index is 13.2. The minimum Gasteiger partial charge on any atom is -0.457 e. The summed E-state index contributed by atoms with van der Waals surface area (Å²) in [4.78, 5) is 27.1. The summed E-state index contributed by atoms with van der Waals surface area (Å²) in [7, 11) is 0. The zero-order chi connectivity index (χ0) is 20.7. The summed E-state index contributed by atoms with van der Waals surface area (Å²) in [5.41, 5.74) is 2.27. The number of urea groups is 1. The highest BCUT2D eigenvalue weighted by Crippen LogP contribution is 2.37. The van der Waals surface area contributed by atoms with Crippen LogP contribution in [0.5, 0.6) is 11.5 Å². The number of imide groups is 1. The molecule has 1 N–H and O–H groups in total. The van der Waals surface area contributed by atoms with Gasteiger partial charge in [0, 0.05) is 12.8 Å². The van der Waals surface area contributed by atoms with Gasteiger partial charge in [0.2, 0.25) is 0 Å². The van der Waals surface area contributed by atoms with Gasteiger partial charge in [-0.05, 0) is 53.6 Å². The Morgan fingerprint density at radius 1 is 0.900 bits per heavy atom. The summed E-state index contributed by atoms with van der Waals surface area (Å²) in [5.74, 6) is 0.849. The quantitative estimate of drug-likeness (QED) is 0.681. The minimum atomic E-state index is -0.909. The molecule has 3 aromatic carbocycles. The first-order valence-electron chi connectivity index (χ1n) is 9.60. The van der Waals surface area contributed by atoms with Gasteiger partial charge in [0.15, 0.2) is 0 Å². The van der Waals surface area contributed by atoms with E-state index in [1.807, 2.05) is 24.3 Å². The van der Waals surface area contributed by atoms with Crippen LogP contribution in [-0.2, 0) is 17.6 Å². The van der Waals surface area contributed by atoms with E-state index in [-0.39, 0.29) is 5.91 Å². The molecule has 1 heterocycles. The summed E-state index contributed by atoms with van der Waals surface area (Å²) in [6.07, 6.45) is 1.00. The monoisotopic (exact) mass is 395 g/mol. The van der Waals surface area contributed by atoms with Gasteiger partial charge in [-0.3, -0.25) is 4.79 Å². The standard InChI is InChI=1S/C24H17N3O3/c25-15-16-4-3-7-21(12-16)30-20-10-8-19(9-11-20)27-22(28)24(26-23(27)29)13-17-5-1-2-6-18(17)14-24/h1-12H,13-14H2,(H,26,29). The molecule has 0 aromatic heterocycles. The second-order valence-corrected chi connectivity index (χ2v) is 7.51. The number of nitriles is 1. The lowest BCUT2D eigenvalue weighted by Crippen LogP contribution is -2.47. The number of anilines is 1. The third kappa shape index (κ3) is 2.88. The number of ether oxygens (including phenoxy) is 1. The fourth-order valence-electron chi connectivity index (χ4n) is 4.14. The van der Waals surface area contributed by atoms with E-state index in [2.05, 4.69) is 11.4 Å². The Morgan fingerprint density at radius 2 is 1.60 bits per heavy atom. The first-order valence-corrected chi connectivity index (χ1v) is 9.60. The Morgan fingerprint density at radius 3 is 2.27 bits per heavy atom. The molecular weight excluding hydrogens is 378 g/mol. The van der Waals surface area contributed by atoms with Crippen molar-refractivity contribution in [1.82, 2.24) is 5.32 Å². The minimum absolute atomic E-state index is 0.237. The predicted molar refractivity (Wildman–Crippen MR) is 110 cm³/mol. The molecule has 6 heteroatoms. The van der Waals surface area contributed by atoms with Crippen molar-refractivity contribution in [3.8, 4) is 17.6 Å². The average Bonchev–Trinajstić information content (AvgIpc) is 3.25. The van der Waals surface area contributed by atoms with E-state index >= 15 is 0 Å². The lowest BCUT2D eigenvalue weighted by Gasteiger charge is -2.20. The third-order valence-electron chi connectivity index (χ3n) is 5.56. The first-order chi connectivity index (χ1) is 14.6. The highest BCUT2D eigenvalue weighted by Gasteiger charge is 2.54. The van der Waals surface area contributed by atoms with Gasteiger partial charge in [-0.1, -0.05) is 30.3 Å². The number of carbonyl (C=O) groups is 2. The molecule has 1 spiro atoms. The maximum absolute atomic E-state index is 13.2. The smallest absolute Gasteiger partial charge is 0.329 e. The van der Waals surface area contributed by atoms with Crippen LogP contribution in [0.25, 0.3) is 0 Å². The summed E-state index contributed by atoms with van der Waals surface area (Å²) >= 11 is 0. The van der Waals surface area contributed by atoms with Crippen LogP contribution >= 0.6 is 0 Å². The Balaban J connectivity index is 1.37. The Labute approximate surface area is 173 Å². The van der Waals surface area contributed by atoms with Crippen molar-refractivity contribution in [1.29, 1.82) is 5.26 Å². The van der Waals surface area contributed by atoms with E-state index in [9.17, 15) is 9.59 Å². The number of nitrogens with zero attached hydrogens (tertiary/aromatic N) is 2. The highest BCUT2D eigenvalue weighted by molar-refractivity contribution is 6.23. The van der Waals surface area contributed by atoms with Gasteiger partial charge in [-0.25, -0.2) is 9.69 Å². The molecule has 1 fully saturated rings. The number of hydrogen-bond acceptors (Lipinski definition) is 4. The molecule has 0 saturated carbocycles. The van der Waals surface area contributed by atoms with Crippen LogP contribution in [0.4, 0.5) is 10.5 Å². The maximum Gasteiger partial charge on any atom is 0.329 e. The SMILES string of the molecule is N#Cc1cccc(Oc2ccc(N3C(=O)NC4(Cc5ccccc5C4)C3=O)cc2)c1. The van der Waals surface area contributed by atoms with Crippen molar-refractivity contribution in [2.24, 2.45) is 0 Å². The molecule has 1 aliphatic carbocycles. The van der Waals surface area contributed by atoms with Crippen LogP contribution < -0.4 is 15.0 Å². The lowest BCUT2D eigenvalue weighted by atomic mass is 9.96. The number of carbonyl (C=O) groups excluding carboxylic acids is 2. The first kappa shape index (κ1) is 18.0. The summed E-state index contributed by atoms with van der Waals surface area (Å²) in [6.45, 7) is 0. The third-order valence-corrected chi connectivity index (χ3v) is 5.56. The van der Waals surface area contributed by atoms with Crippen LogP contribution in [-0.4, -0.2) is 17.5 Å². The van der Waals surface area contributed by atoms with Crippen LogP contribution in [0.15, 0.2) is 72.8 Å². The van der Waals surface area contributed by atoms with Gasteiger partial charge in [0.25, 0.3) is 5.91 Å². The summed E-state index contributed by atoms with van der Waals surface area (Å²) in [6, 6.07) is 23.2. The number of amides is 3. The van der Waals surface area contributed by atoms with E-state index in [0.717, 1.165) is 11.1 Å². The van der Waals surface area contributed by atoms with Gasteiger partial charge < -0.3 is 10.1 Å². The van der Waals surface area contributed by atoms with Crippen molar-refractivity contribution in [2.45, 2.75) is 18.4 Å². The molecule has 0 atom stereocenters. The molecule has 30 heavy (non-hydrogen) atoms. The Hall–Kier alpha value is -4.11. The van der Waals surface area contributed by atoms with E-state index < -0.39 is 11.6 Å². The zero-order valence-corrected chi connectivity index (χ0v) is 16.0. The van der Waals surface area contributed by atoms with Crippen molar-refractivity contribution < 1.29 is 14.3 Å². The second-order valence-electron chi connectivity index (χ2n) is 7.51. The molecule has 0 radical (unpaired) electrons. The second kappa shape index (κ2) is 6.75. The molecule has 3 aromatic rings. The summed E-state index contributed by atoms with van der Waals surface area (Å²) < 4.78 is 5.77. The molecule has 3 amide bonds. The van der Waals surface area contributed by atoms with Gasteiger partial charge in [0.05, 0.1) is 17.3 Å².